The van der Waals surface area contributed by atoms with E-state index in [0.29, 0.717) is 0 Å². The molecule has 0 aliphatic heterocycles. The number of sulfonamides is 1. The maximum Gasteiger partial charge on any atom is 0.243 e. The van der Waals surface area contributed by atoms with Gasteiger partial charge in [0.15, 0.2) is 0 Å². The third-order valence-electron chi connectivity index (χ3n) is 2.84. The summed E-state index contributed by atoms with van der Waals surface area (Å²) in [5, 5.41) is 0. The summed E-state index contributed by atoms with van der Waals surface area (Å²) in [6.45, 7) is 1.96. The summed E-state index contributed by atoms with van der Waals surface area (Å²) in [7, 11) is -1.96. The van der Waals surface area contributed by atoms with Crippen molar-refractivity contribution in [1.82, 2.24) is 4.31 Å². The van der Waals surface area contributed by atoms with E-state index in [1.54, 1.807) is 18.8 Å². The van der Waals surface area contributed by atoms with Crippen LogP contribution in [0.5, 0.6) is 0 Å². The maximum absolute atomic E-state index is 12.8. The standard InChI is InChI=1S/C12H18FNO2S2/c1-4-11(9-17-3)14(2)18(15,16)12-7-5-10(13)6-8-12/h5-8,11H,4,9H2,1-3H3. The second-order valence-corrected chi connectivity index (χ2v) is 6.90. The first-order valence-electron chi connectivity index (χ1n) is 5.66. The number of rotatable bonds is 6. The van der Waals surface area contributed by atoms with Crippen molar-refractivity contribution in [3.8, 4) is 0 Å². The minimum absolute atomic E-state index is 0.0462. The molecule has 0 aliphatic carbocycles. The third-order valence-corrected chi connectivity index (χ3v) is 5.48. The highest BCUT2D eigenvalue weighted by Gasteiger charge is 2.26. The van der Waals surface area contributed by atoms with Crippen LogP contribution in [0, 0.1) is 5.82 Å². The first-order valence-corrected chi connectivity index (χ1v) is 8.49. The van der Waals surface area contributed by atoms with Gasteiger partial charge in [0.1, 0.15) is 5.82 Å². The molecular formula is C12H18FNO2S2. The van der Waals surface area contributed by atoms with Gasteiger partial charge in [0.05, 0.1) is 4.90 Å². The number of hydrogen-bond acceptors (Lipinski definition) is 3. The molecule has 1 atom stereocenters. The predicted molar refractivity (Wildman–Crippen MR) is 73.8 cm³/mol. The van der Waals surface area contributed by atoms with Crippen molar-refractivity contribution in [2.24, 2.45) is 0 Å². The third kappa shape index (κ3) is 3.46. The van der Waals surface area contributed by atoms with Gasteiger partial charge in [-0.25, -0.2) is 12.8 Å². The van der Waals surface area contributed by atoms with Crippen molar-refractivity contribution >= 4 is 21.8 Å². The topological polar surface area (TPSA) is 37.4 Å². The van der Waals surface area contributed by atoms with E-state index in [1.807, 2.05) is 13.2 Å². The number of hydrogen-bond donors (Lipinski definition) is 0. The van der Waals surface area contributed by atoms with Crippen molar-refractivity contribution < 1.29 is 12.8 Å². The Morgan fingerprint density at radius 2 is 1.89 bits per heavy atom. The predicted octanol–water partition coefficient (Wildman–Crippen LogP) is 2.59. The second kappa shape index (κ2) is 6.54. The molecule has 1 aromatic carbocycles. The van der Waals surface area contributed by atoms with Gasteiger partial charge in [-0.3, -0.25) is 0 Å². The van der Waals surface area contributed by atoms with Gasteiger partial charge in [0.2, 0.25) is 10.0 Å². The van der Waals surface area contributed by atoms with E-state index in [4.69, 9.17) is 0 Å². The second-order valence-electron chi connectivity index (χ2n) is 3.99. The van der Waals surface area contributed by atoms with Crippen LogP contribution in [0.1, 0.15) is 13.3 Å². The number of halogens is 1. The van der Waals surface area contributed by atoms with Crippen LogP contribution in [0.25, 0.3) is 0 Å². The molecule has 0 saturated heterocycles. The van der Waals surface area contributed by atoms with Crippen LogP contribution < -0.4 is 0 Å². The molecule has 6 heteroatoms. The van der Waals surface area contributed by atoms with E-state index >= 15 is 0 Å². The van der Waals surface area contributed by atoms with Gasteiger partial charge < -0.3 is 0 Å². The minimum Gasteiger partial charge on any atom is -0.207 e. The van der Waals surface area contributed by atoms with Crippen LogP contribution in [0.3, 0.4) is 0 Å². The Bertz CT molecular complexity index is 473. The molecule has 0 fully saturated rings. The van der Waals surface area contributed by atoms with Gasteiger partial charge in [0, 0.05) is 18.8 Å². The Labute approximate surface area is 112 Å². The van der Waals surface area contributed by atoms with E-state index < -0.39 is 15.8 Å². The summed E-state index contributed by atoms with van der Waals surface area (Å²) in [4.78, 5) is 0.131. The molecule has 0 amide bonds. The maximum atomic E-state index is 12.8. The lowest BCUT2D eigenvalue weighted by atomic mass is 10.3. The summed E-state index contributed by atoms with van der Waals surface area (Å²) >= 11 is 1.61. The molecule has 0 radical (unpaired) electrons. The normalized spacial score (nSPS) is 13.8. The average Bonchev–Trinajstić information content (AvgIpc) is 2.35. The van der Waals surface area contributed by atoms with Gasteiger partial charge in [-0.2, -0.15) is 16.1 Å². The van der Waals surface area contributed by atoms with Crippen molar-refractivity contribution in [1.29, 1.82) is 0 Å². The fourth-order valence-corrected chi connectivity index (χ4v) is 4.01. The summed E-state index contributed by atoms with van der Waals surface area (Å²) in [6, 6.07) is 4.88. The minimum atomic E-state index is -3.54. The average molecular weight is 291 g/mol. The van der Waals surface area contributed by atoms with Crippen molar-refractivity contribution in [3.63, 3.8) is 0 Å². The van der Waals surface area contributed by atoms with Crippen molar-refractivity contribution in [2.45, 2.75) is 24.3 Å². The summed E-state index contributed by atoms with van der Waals surface area (Å²) in [5.41, 5.74) is 0. The van der Waals surface area contributed by atoms with E-state index in [1.165, 1.54) is 16.4 Å². The highest BCUT2D eigenvalue weighted by atomic mass is 32.2. The Morgan fingerprint density at radius 3 is 2.33 bits per heavy atom. The van der Waals surface area contributed by atoms with Crippen LogP contribution in [-0.2, 0) is 10.0 Å². The first kappa shape index (κ1) is 15.5. The van der Waals surface area contributed by atoms with Crippen LogP contribution in [0.15, 0.2) is 29.2 Å². The van der Waals surface area contributed by atoms with Gasteiger partial charge >= 0.3 is 0 Å². The monoisotopic (exact) mass is 291 g/mol. The molecule has 3 nitrogen and oxygen atoms in total. The van der Waals surface area contributed by atoms with Gasteiger partial charge in [-0.05, 0) is 36.9 Å². The Hall–Kier alpha value is -0.590. The van der Waals surface area contributed by atoms with E-state index in [2.05, 4.69) is 0 Å². The Balaban J connectivity index is 3.01. The van der Waals surface area contributed by atoms with Gasteiger partial charge in [-0.1, -0.05) is 6.92 Å². The molecule has 1 rings (SSSR count). The SMILES string of the molecule is CCC(CSC)N(C)S(=O)(=O)c1ccc(F)cc1. The summed E-state index contributed by atoms with van der Waals surface area (Å²) < 4.78 is 38.8. The van der Waals surface area contributed by atoms with Crippen LogP contribution in [-0.4, -0.2) is 37.8 Å². The highest BCUT2D eigenvalue weighted by Crippen LogP contribution is 2.19. The lowest BCUT2D eigenvalue weighted by Crippen LogP contribution is -2.38. The molecule has 0 saturated carbocycles. The van der Waals surface area contributed by atoms with Crippen LogP contribution in [0.2, 0.25) is 0 Å². The number of nitrogens with zero attached hydrogens (tertiary/aromatic N) is 1. The quantitative estimate of drug-likeness (QED) is 0.808. The largest absolute Gasteiger partial charge is 0.243 e. The zero-order valence-corrected chi connectivity index (χ0v) is 12.4. The Morgan fingerprint density at radius 1 is 1.33 bits per heavy atom. The van der Waals surface area contributed by atoms with Crippen LogP contribution >= 0.6 is 11.8 Å². The molecule has 102 valence electrons. The van der Waals surface area contributed by atoms with Crippen LogP contribution in [0.4, 0.5) is 4.39 Å². The molecule has 0 N–H and O–H groups in total. The first-order chi connectivity index (χ1) is 8.43. The molecule has 1 aromatic rings. The smallest absolute Gasteiger partial charge is 0.207 e. The summed E-state index contributed by atoms with van der Waals surface area (Å²) in [5.74, 6) is 0.306. The fraction of sp³-hybridized carbons (Fsp3) is 0.500. The van der Waals surface area contributed by atoms with Crippen molar-refractivity contribution in [2.75, 3.05) is 19.1 Å². The molecule has 0 heterocycles. The molecule has 18 heavy (non-hydrogen) atoms. The molecule has 0 aromatic heterocycles. The van der Waals surface area contributed by atoms with E-state index in [-0.39, 0.29) is 10.9 Å². The molecule has 1 unspecified atom stereocenters. The number of thioether (sulfide) groups is 1. The lowest BCUT2D eigenvalue weighted by molar-refractivity contribution is 0.385. The highest BCUT2D eigenvalue weighted by molar-refractivity contribution is 7.98. The zero-order valence-electron chi connectivity index (χ0n) is 10.8. The molecular weight excluding hydrogens is 273 g/mol. The van der Waals surface area contributed by atoms with E-state index in [9.17, 15) is 12.8 Å². The summed E-state index contributed by atoms with van der Waals surface area (Å²) in [6.07, 6.45) is 2.69. The fourth-order valence-electron chi connectivity index (χ4n) is 1.64. The zero-order chi connectivity index (χ0) is 13.8. The number of benzene rings is 1. The molecule has 0 aliphatic rings. The molecule has 0 bridgehead atoms. The van der Waals surface area contributed by atoms with Gasteiger partial charge in [-0.15, -0.1) is 0 Å². The van der Waals surface area contributed by atoms with E-state index in [0.717, 1.165) is 24.3 Å². The van der Waals surface area contributed by atoms with Gasteiger partial charge in [0.25, 0.3) is 0 Å². The Kier molecular flexibility index (Phi) is 5.62. The molecule has 0 spiro atoms. The lowest BCUT2D eigenvalue weighted by Gasteiger charge is -2.26. The van der Waals surface area contributed by atoms with Crippen molar-refractivity contribution in [3.05, 3.63) is 30.1 Å².